The van der Waals surface area contributed by atoms with Crippen LogP contribution in [-0.2, 0) is 4.79 Å². The summed E-state index contributed by atoms with van der Waals surface area (Å²) in [5.74, 6) is -0.302. The van der Waals surface area contributed by atoms with Gasteiger partial charge < -0.3 is 16.0 Å². The molecule has 0 unspecified atom stereocenters. The predicted octanol–water partition coefficient (Wildman–Crippen LogP) is 2.40. The smallest absolute Gasteiger partial charge is 0.253 e. The van der Waals surface area contributed by atoms with Gasteiger partial charge in [0.2, 0.25) is 5.91 Å². The highest BCUT2D eigenvalue weighted by molar-refractivity contribution is 6.04. The van der Waals surface area contributed by atoms with Crippen LogP contribution in [0.1, 0.15) is 45.0 Å². The van der Waals surface area contributed by atoms with Crippen molar-refractivity contribution < 1.29 is 9.59 Å². The molecule has 0 aliphatic carbocycles. The highest BCUT2D eigenvalue weighted by Crippen LogP contribution is 2.20. The van der Waals surface area contributed by atoms with E-state index in [1.165, 1.54) is 0 Å². The van der Waals surface area contributed by atoms with E-state index in [1.54, 1.807) is 24.3 Å². The van der Waals surface area contributed by atoms with E-state index in [1.807, 2.05) is 34.6 Å². The van der Waals surface area contributed by atoms with Crippen LogP contribution >= 0.6 is 0 Å². The van der Waals surface area contributed by atoms with E-state index in [0.717, 1.165) is 6.54 Å². The molecule has 0 radical (unpaired) electrons. The average Bonchev–Trinajstić information content (AvgIpc) is 2.44. The van der Waals surface area contributed by atoms with Gasteiger partial charge in [-0.3, -0.25) is 9.59 Å². The average molecular weight is 305 g/mol. The van der Waals surface area contributed by atoms with Crippen molar-refractivity contribution in [2.24, 2.45) is 5.41 Å². The van der Waals surface area contributed by atoms with Crippen molar-refractivity contribution in [3.63, 3.8) is 0 Å². The number of likely N-dealkylation sites (N-methyl/N-ethyl adjacent to an activating group) is 1. The number of anilines is 1. The fourth-order valence-electron chi connectivity index (χ4n) is 1.86. The summed E-state index contributed by atoms with van der Waals surface area (Å²) in [5.41, 5.74) is 0.503. The Morgan fingerprint density at radius 1 is 1.18 bits per heavy atom. The van der Waals surface area contributed by atoms with E-state index >= 15 is 0 Å². The minimum atomic E-state index is -0.511. The maximum atomic E-state index is 12.3. The summed E-state index contributed by atoms with van der Waals surface area (Å²) in [4.78, 5) is 24.4. The van der Waals surface area contributed by atoms with Crippen LogP contribution in [0.2, 0.25) is 0 Å². The summed E-state index contributed by atoms with van der Waals surface area (Å²) in [6.45, 7) is 10.9. The lowest BCUT2D eigenvalue weighted by atomic mass is 9.95. The molecule has 5 heteroatoms. The molecule has 3 N–H and O–H groups in total. The molecule has 0 aliphatic rings. The third-order valence-electron chi connectivity index (χ3n) is 3.22. The minimum Gasteiger partial charge on any atom is -0.350 e. The third kappa shape index (κ3) is 5.48. The first-order valence-electron chi connectivity index (χ1n) is 7.67. The lowest BCUT2D eigenvalue weighted by Gasteiger charge is -2.19. The van der Waals surface area contributed by atoms with E-state index in [-0.39, 0.29) is 17.9 Å². The van der Waals surface area contributed by atoms with Crippen molar-refractivity contribution in [1.82, 2.24) is 10.6 Å². The van der Waals surface area contributed by atoms with Gasteiger partial charge in [0.05, 0.1) is 11.3 Å². The number of benzene rings is 1. The number of carbonyl (C=O) groups excluding carboxylic acids is 2. The first-order valence-corrected chi connectivity index (χ1v) is 7.67. The zero-order valence-electron chi connectivity index (χ0n) is 14.1. The summed E-state index contributed by atoms with van der Waals surface area (Å²) in [5, 5.41) is 8.95. The molecule has 1 atom stereocenters. The summed E-state index contributed by atoms with van der Waals surface area (Å²) in [7, 11) is 0. The maximum absolute atomic E-state index is 12.3. The molecular weight excluding hydrogens is 278 g/mol. The quantitative estimate of drug-likeness (QED) is 0.756. The van der Waals surface area contributed by atoms with Gasteiger partial charge in [0, 0.05) is 18.0 Å². The highest BCUT2D eigenvalue weighted by Gasteiger charge is 2.23. The van der Waals surface area contributed by atoms with Crippen LogP contribution in [0.15, 0.2) is 24.3 Å². The van der Waals surface area contributed by atoms with Crippen molar-refractivity contribution >= 4 is 17.5 Å². The Morgan fingerprint density at radius 2 is 1.82 bits per heavy atom. The Hall–Kier alpha value is -1.88. The molecule has 22 heavy (non-hydrogen) atoms. The van der Waals surface area contributed by atoms with Crippen molar-refractivity contribution in [2.75, 3.05) is 18.4 Å². The Labute approximate surface area is 132 Å². The number of hydrogen-bond acceptors (Lipinski definition) is 3. The minimum absolute atomic E-state index is 0.117. The lowest BCUT2D eigenvalue weighted by molar-refractivity contribution is -0.123. The Kier molecular flexibility index (Phi) is 6.56. The molecular formula is C17H27N3O2. The standard InChI is InChI=1S/C17H27N3O2/c1-6-18-12(2)11-19-15(21)13-9-7-8-10-14(13)20-16(22)17(3,4)5/h7-10,12,18H,6,11H2,1-5H3,(H,19,21)(H,20,22)/t12-/m1/s1. The summed E-state index contributed by atoms with van der Waals surface area (Å²) in [6, 6.07) is 7.24. The second kappa shape index (κ2) is 7.94. The Morgan fingerprint density at radius 3 is 2.41 bits per heavy atom. The molecule has 0 spiro atoms. The fourth-order valence-corrected chi connectivity index (χ4v) is 1.86. The summed E-state index contributed by atoms with van der Waals surface area (Å²) >= 11 is 0. The largest absolute Gasteiger partial charge is 0.350 e. The topological polar surface area (TPSA) is 70.2 Å². The van der Waals surface area contributed by atoms with Gasteiger partial charge in [-0.25, -0.2) is 0 Å². The molecule has 2 amide bonds. The van der Waals surface area contributed by atoms with Crippen LogP contribution in [0.3, 0.4) is 0 Å². The van der Waals surface area contributed by atoms with Crippen molar-refractivity contribution in [3.8, 4) is 0 Å². The van der Waals surface area contributed by atoms with Gasteiger partial charge in [0.1, 0.15) is 0 Å². The van der Waals surface area contributed by atoms with E-state index < -0.39 is 5.41 Å². The molecule has 1 aromatic rings. The van der Waals surface area contributed by atoms with Crippen LogP contribution in [0.4, 0.5) is 5.69 Å². The summed E-state index contributed by atoms with van der Waals surface area (Å²) in [6.07, 6.45) is 0. The molecule has 0 aromatic heterocycles. The first-order chi connectivity index (χ1) is 10.3. The maximum Gasteiger partial charge on any atom is 0.253 e. The molecule has 0 aliphatic heterocycles. The number of amides is 2. The number of carbonyl (C=O) groups is 2. The zero-order chi connectivity index (χ0) is 16.8. The second-order valence-electron chi connectivity index (χ2n) is 6.42. The number of hydrogen-bond donors (Lipinski definition) is 3. The van der Waals surface area contributed by atoms with Gasteiger partial charge in [-0.1, -0.05) is 39.8 Å². The molecule has 1 aromatic carbocycles. The zero-order valence-corrected chi connectivity index (χ0v) is 14.1. The van der Waals surface area contributed by atoms with Crippen molar-refractivity contribution in [1.29, 1.82) is 0 Å². The normalized spacial score (nSPS) is 12.6. The van der Waals surface area contributed by atoms with E-state index in [0.29, 0.717) is 17.8 Å². The first kappa shape index (κ1) is 18.2. The van der Waals surface area contributed by atoms with Crippen LogP contribution in [0, 0.1) is 5.41 Å². The molecule has 5 nitrogen and oxygen atoms in total. The molecule has 0 heterocycles. The number of nitrogens with one attached hydrogen (secondary N) is 3. The van der Waals surface area contributed by atoms with Crippen molar-refractivity contribution in [3.05, 3.63) is 29.8 Å². The van der Waals surface area contributed by atoms with Gasteiger partial charge in [-0.15, -0.1) is 0 Å². The monoisotopic (exact) mass is 305 g/mol. The van der Waals surface area contributed by atoms with Gasteiger partial charge in [-0.05, 0) is 25.6 Å². The van der Waals surface area contributed by atoms with Crippen molar-refractivity contribution in [2.45, 2.75) is 40.7 Å². The molecule has 0 fully saturated rings. The predicted molar refractivity (Wildman–Crippen MR) is 90.0 cm³/mol. The second-order valence-corrected chi connectivity index (χ2v) is 6.42. The van der Waals surface area contributed by atoms with Gasteiger partial charge >= 0.3 is 0 Å². The van der Waals surface area contributed by atoms with Gasteiger partial charge in [0.25, 0.3) is 5.91 Å². The third-order valence-corrected chi connectivity index (χ3v) is 3.22. The van der Waals surface area contributed by atoms with E-state index in [4.69, 9.17) is 0 Å². The number of rotatable bonds is 6. The fraction of sp³-hybridized carbons (Fsp3) is 0.529. The van der Waals surface area contributed by atoms with E-state index in [2.05, 4.69) is 16.0 Å². The SMILES string of the molecule is CCN[C@H](C)CNC(=O)c1ccccc1NC(=O)C(C)(C)C. The highest BCUT2D eigenvalue weighted by atomic mass is 16.2. The molecule has 0 saturated carbocycles. The molecule has 1 rings (SSSR count). The van der Waals surface area contributed by atoms with Gasteiger partial charge in [-0.2, -0.15) is 0 Å². The Bertz CT molecular complexity index is 521. The van der Waals surface area contributed by atoms with Crippen LogP contribution in [-0.4, -0.2) is 30.9 Å². The lowest BCUT2D eigenvalue weighted by Crippen LogP contribution is -2.39. The van der Waals surface area contributed by atoms with E-state index in [9.17, 15) is 9.59 Å². The van der Waals surface area contributed by atoms with Gasteiger partial charge in [0.15, 0.2) is 0 Å². The van der Waals surface area contributed by atoms with Crippen LogP contribution in [0.25, 0.3) is 0 Å². The summed E-state index contributed by atoms with van der Waals surface area (Å²) < 4.78 is 0. The molecule has 0 bridgehead atoms. The molecule has 0 saturated heterocycles. The number of para-hydroxylation sites is 1. The Balaban J connectivity index is 2.79. The van der Waals surface area contributed by atoms with Crippen LogP contribution in [0.5, 0.6) is 0 Å². The van der Waals surface area contributed by atoms with Crippen LogP contribution < -0.4 is 16.0 Å². The molecule has 122 valence electrons.